The highest BCUT2D eigenvalue weighted by Gasteiger charge is 2.12. The number of nitrogens with one attached hydrogen (secondary N) is 1. The van der Waals surface area contributed by atoms with Crippen molar-refractivity contribution < 1.29 is 4.74 Å². The third kappa shape index (κ3) is 3.30. The predicted octanol–water partition coefficient (Wildman–Crippen LogP) is 2.34. The van der Waals surface area contributed by atoms with Gasteiger partial charge in [-0.2, -0.15) is 0 Å². The molecule has 2 rings (SSSR count). The van der Waals surface area contributed by atoms with Crippen LogP contribution >= 0.6 is 0 Å². The van der Waals surface area contributed by atoms with Gasteiger partial charge in [0, 0.05) is 12.4 Å². The van der Waals surface area contributed by atoms with E-state index in [1.807, 2.05) is 50.5 Å². The fourth-order valence-corrected chi connectivity index (χ4v) is 2.04. The first-order valence-corrected chi connectivity index (χ1v) is 6.35. The molecule has 0 amide bonds. The molecule has 4 heteroatoms. The van der Waals surface area contributed by atoms with Crippen LogP contribution < -0.4 is 16.0 Å². The van der Waals surface area contributed by atoms with E-state index in [2.05, 4.69) is 16.5 Å². The minimum atomic E-state index is -0.0666. The largest absolute Gasteiger partial charge is 0.494 e. The summed E-state index contributed by atoms with van der Waals surface area (Å²) in [5, 5.41) is 0. The Morgan fingerprint density at radius 3 is 2.53 bits per heavy atom. The van der Waals surface area contributed by atoms with Crippen LogP contribution in [0.4, 0.5) is 0 Å². The summed E-state index contributed by atoms with van der Waals surface area (Å²) in [6.45, 7) is 4.65. The van der Waals surface area contributed by atoms with Crippen LogP contribution in [0.1, 0.15) is 29.7 Å². The summed E-state index contributed by atoms with van der Waals surface area (Å²) >= 11 is 0. The summed E-state index contributed by atoms with van der Waals surface area (Å²) in [6, 6.07) is 9.94. The monoisotopic (exact) mass is 257 g/mol. The topological polar surface area (TPSA) is 60.2 Å². The molecule has 1 aromatic heterocycles. The first kappa shape index (κ1) is 13.5. The van der Waals surface area contributed by atoms with Crippen molar-refractivity contribution in [2.24, 2.45) is 5.84 Å². The molecule has 0 spiro atoms. The number of nitrogens with zero attached hydrogens (tertiary/aromatic N) is 1. The first-order valence-electron chi connectivity index (χ1n) is 6.35. The Morgan fingerprint density at radius 1 is 1.21 bits per heavy atom. The van der Waals surface area contributed by atoms with E-state index in [9.17, 15) is 0 Å². The highest BCUT2D eigenvalue weighted by Crippen LogP contribution is 2.23. The Bertz CT molecular complexity index is 525. The van der Waals surface area contributed by atoms with Gasteiger partial charge in [-0.3, -0.25) is 10.8 Å². The van der Waals surface area contributed by atoms with Crippen LogP contribution in [-0.2, 0) is 0 Å². The molecule has 0 saturated heterocycles. The van der Waals surface area contributed by atoms with Crippen LogP contribution in [0.25, 0.3) is 0 Å². The molecule has 1 unspecified atom stereocenters. The summed E-state index contributed by atoms with van der Waals surface area (Å²) in [6.07, 6.45) is 3.66. The van der Waals surface area contributed by atoms with Crippen LogP contribution in [0.2, 0.25) is 0 Å². The lowest BCUT2D eigenvalue weighted by molar-refractivity contribution is 0.340. The van der Waals surface area contributed by atoms with Gasteiger partial charge in [0.05, 0.1) is 12.6 Å². The second-order valence-corrected chi connectivity index (χ2v) is 4.40. The highest BCUT2D eigenvalue weighted by molar-refractivity contribution is 5.35. The summed E-state index contributed by atoms with van der Waals surface area (Å²) < 4.78 is 5.44. The normalized spacial score (nSPS) is 12.2. The van der Waals surface area contributed by atoms with Gasteiger partial charge in [0.1, 0.15) is 5.75 Å². The molecule has 1 heterocycles. The van der Waals surface area contributed by atoms with Gasteiger partial charge in [0.25, 0.3) is 0 Å². The molecule has 0 aliphatic heterocycles. The van der Waals surface area contributed by atoms with Crippen molar-refractivity contribution in [1.29, 1.82) is 0 Å². The van der Waals surface area contributed by atoms with Crippen molar-refractivity contribution in [1.82, 2.24) is 10.4 Å². The first-order chi connectivity index (χ1) is 9.24. The minimum absolute atomic E-state index is 0.0666. The van der Waals surface area contributed by atoms with Crippen LogP contribution in [0.5, 0.6) is 5.75 Å². The molecule has 0 aliphatic rings. The standard InChI is InChI=1S/C15H19N3O/c1-3-19-14-6-4-12(5-7-14)15(18-16)13-8-11(2)9-17-10-13/h4-10,15,18H,3,16H2,1-2H3. The van der Waals surface area contributed by atoms with Crippen molar-refractivity contribution in [2.75, 3.05) is 6.61 Å². The van der Waals surface area contributed by atoms with Gasteiger partial charge in [-0.1, -0.05) is 18.2 Å². The molecule has 0 saturated carbocycles. The van der Waals surface area contributed by atoms with E-state index in [1.165, 1.54) is 0 Å². The second-order valence-electron chi connectivity index (χ2n) is 4.40. The number of aryl methyl sites for hydroxylation is 1. The molecule has 0 radical (unpaired) electrons. The predicted molar refractivity (Wildman–Crippen MR) is 75.8 cm³/mol. The molecular weight excluding hydrogens is 238 g/mol. The Balaban J connectivity index is 2.26. The number of hydrazine groups is 1. The van der Waals surface area contributed by atoms with E-state index in [-0.39, 0.29) is 6.04 Å². The van der Waals surface area contributed by atoms with E-state index in [0.717, 1.165) is 22.4 Å². The lowest BCUT2D eigenvalue weighted by Crippen LogP contribution is -2.28. The van der Waals surface area contributed by atoms with E-state index in [4.69, 9.17) is 10.6 Å². The number of ether oxygens (including phenoxy) is 1. The van der Waals surface area contributed by atoms with Crippen molar-refractivity contribution in [3.8, 4) is 5.75 Å². The lowest BCUT2D eigenvalue weighted by Gasteiger charge is -2.17. The van der Waals surface area contributed by atoms with E-state index < -0.39 is 0 Å². The minimum Gasteiger partial charge on any atom is -0.494 e. The quantitative estimate of drug-likeness (QED) is 0.637. The maximum Gasteiger partial charge on any atom is 0.119 e. The van der Waals surface area contributed by atoms with Crippen LogP contribution in [0.15, 0.2) is 42.7 Å². The molecule has 4 nitrogen and oxygen atoms in total. The molecule has 0 bridgehead atoms. The number of hydrogen-bond acceptors (Lipinski definition) is 4. The summed E-state index contributed by atoms with van der Waals surface area (Å²) in [4.78, 5) is 4.21. The fraction of sp³-hybridized carbons (Fsp3) is 0.267. The molecule has 100 valence electrons. The number of hydrogen-bond donors (Lipinski definition) is 2. The maximum atomic E-state index is 5.67. The maximum absolute atomic E-state index is 5.67. The Morgan fingerprint density at radius 2 is 1.95 bits per heavy atom. The molecule has 0 fully saturated rings. The average molecular weight is 257 g/mol. The second kappa shape index (κ2) is 6.31. The third-order valence-electron chi connectivity index (χ3n) is 2.92. The van der Waals surface area contributed by atoms with Crippen LogP contribution in [-0.4, -0.2) is 11.6 Å². The number of rotatable bonds is 5. The average Bonchev–Trinajstić information content (AvgIpc) is 2.42. The van der Waals surface area contributed by atoms with Crippen molar-refractivity contribution in [3.63, 3.8) is 0 Å². The van der Waals surface area contributed by atoms with Crippen LogP contribution in [0.3, 0.4) is 0 Å². The van der Waals surface area contributed by atoms with E-state index in [1.54, 1.807) is 0 Å². The van der Waals surface area contributed by atoms with Gasteiger partial charge in [-0.25, -0.2) is 5.43 Å². The number of aromatic nitrogens is 1. The zero-order chi connectivity index (χ0) is 13.7. The van der Waals surface area contributed by atoms with Gasteiger partial charge in [0.15, 0.2) is 0 Å². The Hall–Kier alpha value is -1.91. The van der Waals surface area contributed by atoms with Gasteiger partial charge < -0.3 is 4.74 Å². The van der Waals surface area contributed by atoms with Crippen molar-refractivity contribution in [3.05, 3.63) is 59.4 Å². The van der Waals surface area contributed by atoms with Gasteiger partial charge in [0.2, 0.25) is 0 Å². The summed E-state index contributed by atoms with van der Waals surface area (Å²) in [5.74, 6) is 6.54. The molecule has 2 aromatic rings. The highest BCUT2D eigenvalue weighted by atomic mass is 16.5. The molecule has 1 atom stereocenters. The Kier molecular flexibility index (Phi) is 4.49. The van der Waals surface area contributed by atoms with Gasteiger partial charge in [-0.05, 0) is 42.7 Å². The molecule has 0 aliphatic carbocycles. The molecule has 1 aromatic carbocycles. The van der Waals surface area contributed by atoms with E-state index >= 15 is 0 Å². The van der Waals surface area contributed by atoms with Gasteiger partial charge >= 0.3 is 0 Å². The zero-order valence-electron chi connectivity index (χ0n) is 11.3. The fourth-order valence-electron chi connectivity index (χ4n) is 2.04. The van der Waals surface area contributed by atoms with Crippen molar-refractivity contribution >= 4 is 0 Å². The third-order valence-corrected chi connectivity index (χ3v) is 2.92. The van der Waals surface area contributed by atoms with Crippen LogP contribution in [0, 0.1) is 6.92 Å². The van der Waals surface area contributed by atoms with E-state index in [0.29, 0.717) is 6.61 Å². The SMILES string of the molecule is CCOc1ccc(C(NN)c2cncc(C)c2)cc1. The number of benzene rings is 1. The van der Waals surface area contributed by atoms with Gasteiger partial charge in [-0.15, -0.1) is 0 Å². The smallest absolute Gasteiger partial charge is 0.119 e. The molecular formula is C15H19N3O. The molecule has 19 heavy (non-hydrogen) atoms. The number of pyridine rings is 1. The zero-order valence-corrected chi connectivity index (χ0v) is 11.3. The lowest BCUT2D eigenvalue weighted by atomic mass is 10.00. The molecule has 3 N–H and O–H groups in total. The Labute approximate surface area is 113 Å². The van der Waals surface area contributed by atoms with Crippen molar-refractivity contribution in [2.45, 2.75) is 19.9 Å². The number of nitrogens with two attached hydrogens (primary N) is 1. The summed E-state index contributed by atoms with van der Waals surface area (Å²) in [5.41, 5.74) is 6.08. The summed E-state index contributed by atoms with van der Waals surface area (Å²) in [7, 11) is 0.